The van der Waals surface area contributed by atoms with Gasteiger partial charge in [0.15, 0.2) is 0 Å². The zero-order valence-corrected chi connectivity index (χ0v) is 21.8. The Bertz CT molecular complexity index is 1480. The molecule has 1 aromatic heterocycles. The highest BCUT2D eigenvalue weighted by Gasteiger charge is 2.27. The van der Waals surface area contributed by atoms with Crippen LogP contribution < -0.4 is 14.4 Å². The van der Waals surface area contributed by atoms with Gasteiger partial charge >= 0.3 is 0 Å². The first-order valence-corrected chi connectivity index (χ1v) is 12.7. The van der Waals surface area contributed by atoms with Gasteiger partial charge in [-0.1, -0.05) is 18.2 Å². The molecule has 0 unspecified atom stereocenters. The average Bonchev–Trinajstić information content (AvgIpc) is 3.43. The van der Waals surface area contributed by atoms with Crippen LogP contribution in [-0.4, -0.2) is 65.4 Å². The van der Waals surface area contributed by atoms with E-state index in [9.17, 15) is 14.9 Å². The Balaban J connectivity index is 1.44. The lowest BCUT2D eigenvalue weighted by Crippen LogP contribution is -2.49. The Labute approximate surface area is 226 Å². The SMILES string of the molecule is CCOc1ccccc1N1CCN(C(=O)c2cc(-c3ccc(OC)cc3)nn2-c2cccc([N+](=O)[O-])c2)CC1. The summed E-state index contributed by atoms with van der Waals surface area (Å²) in [6.45, 7) is 4.85. The van der Waals surface area contributed by atoms with E-state index in [1.54, 1.807) is 30.2 Å². The standard InChI is InChI=1S/C29H29N5O5/c1-3-39-28-10-5-4-9-26(28)31-15-17-32(18-16-31)29(35)27-20-25(21-11-13-24(38-2)14-12-21)30-33(27)22-7-6-8-23(19-22)34(36)37/h4-14,19-20H,3,15-18H2,1-2H3. The van der Waals surface area contributed by atoms with Crippen molar-refractivity contribution in [2.75, 3.05) is 44.8 Å². The normalized spacial score (nSPS) is 13.3. The van der Waals surface area contributed by atoms with Crippen molar-refractivity contribution < 1.29 is 19.2 Å². The third kappa shape index (κ3) is 5.40. The average molecular weight is 528 g/mol. The summed E-state index contributed by atoms with van der Waals surface area (Å²) in [5.74, 6) is 1.34. The minimum absolute atomic E-state index is 0.0750. The lowest BCUT2D eigenvalue weighted by atomic mass is 10.1. The van der Waals surface area contributed by atoms with Gasteiger partial charge in [0.1, 0.15) is 17.2 Å². The van der Waals surface area contributed by atoms with Crippen LogP contribution in [0.1, 0.15) is 17.4 Å². The number of carbonyl (C=O) groups excluding carboxylic acids is 1. The summed E-state index contributed by atoms with van der Waals surface area (Å²) in [5.41, 5.74) is 3.09. The van der Waals surface area contributed by atoms with Gasteiger partial charge in [-0.05, 0) is 55.5 Å². The van der Waals surface area contributed by atoms with Crippen LogP contribution in [0.25, 0.3) is 16.9 Å². The number of ether oxygens (including phenoxy) is 2. The molecular weight excluding hydrogens is 498 g/mol. The van der Waals surface area contributed by atoms with Gasteiger partial charge in [0, 0.05) is 43.9 Å². The molecule has 39 heavy (non-hydrogen) atoms. The monoisotopic (exact) mass is 527 g/mol. The van der Waals surface area contributed by atoms with E-state index in [-0.39, 0.29) is 11.6 Å². The second-order valence-electron chi connectivity index (χ2n) is 9.01. The molecule has 0 atom stereocenters. The van der Waals surface area contributed by atoms with Gasteiger partial charge in [-0.3, -0.25) is 14.9 Å². The fraction of sp³-hybridized carbons (Fsp3) is 0.241. The van der Waals surface area contributed by atoms with Crippen molar-refractivity contribution in [1.82, 2.24) is 14.7 Å². The van der Waals surface area contributed by atoms with Gasteiger partial charge in [0.2, 0.25) is 0 Å². The molecule has 10 heteroatoms. The van der Waals surface area contributed by atoms with Gasteiger partial charge in [0.25, 0.3) is 11.6 Å². The van der Waals surface area contributed by atoms with E-state index in [4.69, 9.17) is 14.6 Å². The number of nitrogens with zero attached hydrogens (tertiary/aromatic N) is 5. The number of anilines is 1. The molecule has 1 aliphatic rings. The van der Waals surface area contributed by atoms with E-state index in [0.717, 1.165) is 17.0 Å². The Morgan fingerprint density at radius 2 is 1.72 bits per heavy atom. The fourth-order valence-electron chi connectivity index (χ4n) is 4.68. The second-order valence-corrected chi connectivity index (χ2v) is 9.01. The van der Waals surface area contributed by atoms with Crippen LogP contribution in [0.4, 0.5) is 11.4 Å². The number of methoxy groups -OCH3 is 1. The van der Waals surface area contributed by atoms with Crippen molar-refractivity contribution in [2.24, 2.45) is 0 Å². The minimum atomic E-state index is -0.460. The molecule has 1 fully saturated rings. The third-order valence-electron chi connectivity index (χ3n) is 6.67. The van der Waals surface area contributed by atoms with Crippen molar-refractivity contribution in [1.29, 1.82) is 0 Å². The lowest BCUT2D eigenvalue weighted by molar-refractivity contribution is -0.384. The van der Waals surface area contributed by atoms with E-state index < -0.39 is 4.92 Å². The number of carbonyl (C=O) groups is 1. The molecule has 0 aliphatic carbocycles. The summed E-state index contributed by atoms with van der Waals surface area (Å²) in [5, 5.41) is 16.1. The number of hydrogen-bond donors (Lipinski definition) is 0. The van der Waals surface area contributed by atoms with Crippen LogP contribution >= 0.6 is 0 Å². The highest BCUT2D eigenvalue weighted by Crippen LogP contribution is 2.30. The number of non-ortho nitro benzene ring substituents is 1. The number of nitro groups is 1. The maximum absolute atomic E-state index is 13.8. The highest BCUT2D eigenvalue weighted by atomic mass is 16.6. The van der Waals surface area contributed by atoms with Gasteiger partial charge in [-0.2, -0.15) is 5.10 Å². The van der Waals surface area contributed by atoms with E-state index in [2.05, 4.69) is 4.90 Å². The Hall–Kier alpha value is -4.86. The summed E-state index contributed by atoms with van der Waals surface area (Å²) in [6, 6.07) is 23.1. The summed E-state index contributed by atoms with van der Waals surface area (Å²) in [7, 11) is 1.60. The molecule has 200 valence electrons. The van der Waals surface area contributed by atoms with E-state index in [1.807, 2.05) is 55.5 Å². The van der Waals surface area contributed by atoms with Crippen LogP contribution in [0.5, 0.6) is 11.5 Å². The first kappa shape index (κ1) is 25.8. The maximum Gasteiger partial charge on any atom is 0.272 e. The number of rotatable bonds is 8. The number of nitro benzene ring substituents is 1. The number of para-hydroxylation sites is 2. The van der Waals surface area contributed by atoms with Crippen LogP contribution in [0.3, 0.4) is 0 Å². The van der Waals surface area contributed by atoms with E-state index in [1.165, 1.54) is 16.8 Å². The van der Waals surface area contributed by atoms with Crippen molar-refractivity contribution in [3.8, 4) is 28.4 Å². The first-order valence-electron chi connectivity index (χ1n) is 12.7. The molecule has 0 bridgehead atoms. The first-order chi connectivity index (χ1) is 19.0. The number of piperazine rings is 1. The number of aromatic nitrogens is 2. The van der Waals surface area contributed by atoms with E-state index >= 15 is 0 Å². The third-order valence-corrected chi connectivity index (χ3v) is 6.67. The molecule has 0 spiro atoms. The van der Waals surface area contributed by atoms with Crippen LogP contribution in [0, 0.1) is 10.1 Å². The summed E-state index contributed by atoms with van der Waals surface area (Å²) < 4.78 is 12.5. The van der Waals surface area contributed by atoms with Crippen LogP contribution in [0.2, 0.25) is 0 Å². The summed E-state index contributed by atoms with van der Waals surface area (Å²) in [4.78, 5) is 28.8. The lowest BCUT2D eigenvalue weighted by Gasteiger charge is -2.36. The molecular formula is C29H29N5O5. The topological polar surface area (TPSA) is 103 Å². The second kappa shape index (κ2) is 11.3. The zero-order chi connectivity index (χ0) is 27.4. The molecule has 0 N–H and O–H groups in total. The molecule has 1 aliphatic heterocycles. The number of hydrogen-bond acceptors (Lipinski definition) is 7. The molecule has 4 aromatic rings. The largest absolute Gasteiger partial charge is 0.497 e. The predicted octanol–water partition coefficient (Wildman–Crippen LogP) is 4.82. The van der Waals surface area contributed by atoms with Gasteiger partial charge in [-0.25, -0.2) is 4.68 Å². The smallest absolute Gasteiger partial charge is 0.272 e. The Morgan fingerprint density at radius 3 is 2.41 bits per heavy atom. The van der Waals surface area contributed by atoms with Crippen LogP contribution in [0.15, 0.2) is 78.9 Å². The fourth-order valence-corrected chi connectivity index (χ4v) is 4.68. The molecule has 10 nitrogen and oxygen atoms in total. The molecule has 0 radical (unpaired) electrons. The van der Waals surface area contributed by atoms with E-state index in [0.29, 0.717) is 55.6 Å². The van der Waals surface area contributed by atoms with Crippen molar-refractivity contribution >= 4 is 17.3 Å². The Morgan fingerprint density at radius 1 is 0.974 bits per heavy atom. The van der Waals surface area contributed by atoms with Gasteiger partial charge < -0.3 is 19.3 Å². The van der Waals surface area contributed by atoms with Crippen LogP contribution in [-0.2, 0) is 0 Å². The number of benzene rings is 3. The van der Waals surface area contributed by atoms with Gasteiger partial charge in [0.05, 0.1) is 35.7 Å². The number of amides is 1. The summed E-state index contributed by atoms with van der Waals surface area (Å²) in [6.07, 6.45) is 0. The van der Waals surface area contributed by atoms with Crippen molar-refractivity contribution in [3.63, 3.8) is 0 Å². The van der Waals surface area contributed by atoms with Crippen molar-refractivity contribution in [3.05, 3.63) is 94.7 Å². The molecule has 2 heterocycles. The van der Waals surface area contributed by atoms with Crippen molar-refractivity contribution in [2.45, 2.75) is 6.92 Å². The molecule has 3 aromatic carbocycles. The molecule has 0 saturated carbocycles. The molecule has 1 saturated heterocycles. The Kier molecular flexibility index (Phi) is 7.44. The summed E-state index contributed by atoms with van der Waals surface area (Å²) >= 11 is 0. The zero-order valence-electron chi connectivity index (χ0n) is 21.8. The molecule has 5 rings (SSSR count). The maximum atomic E-state index is 13.8. The predicted molar refractivity (Wildman–Crippen MR) is 148 cm³/mol. The highest BCUT2D eigenvalue weighted by molar-refractivity contribution is 5.94. The quantitative estimate of drug-likeness (QED) is 0.239. The minimum Gasteiger partial charge on any atom is -0.497 e. The van der Waals surface area contributed by atoms with Gasteiger partial charge in [-0.15, -0.1) is 0 Å². The molecule has 1 amide bonds.